The molecule has 3 aromatic rings. The van der Waals surface area contributed by atoms with Gasteiger partial charge in [0, 0.05) is 23.1 Å². The smallest absolute Gasteiger partial charge is 0.271 e. The largest absolute Gasteiger partial charge is 0.496 e. The van der Waals surface area contributed by atoms with Gasteiger partial charge in [0.05, 0.1) is 21.3 Å². The second-order valence-corrected chi connectivity index (χ2v) is 6.46. The number of carbonyl (C=O) groups is 1. The van der Waals surface area contributed by atoms with E-state index >= 15 is 0 Å². The molecule has 1 aromatic heterocycles. The van der Waals surface area contributed by atoms with Gasteiger partial charge in [-0.25, -0.2) is 4.98 Å². The standard InChI is InChI=1S/C20H20N2O4S/c1-24-16-7-5-4-6-14(16)11-21-19(23)15-12-27-20(22-15)13-8-9-17(25-2)18(10-13)26-3/h4-10,12H,11H2,1-3H3,(H,21,23). The second kappa shape index (κ2) is 8.55. The molecule has 140 valence electrons. The van der Waals surface area contributed by atoms with Gasteiger partial charge in [-0.05, 0) is 24.3 Å². The molecule has 3 rings (SSSR count). The summed E-state index contributed by atoms with van der Waals surface area (Å²) in [6.45, 7) is 0.367. The maximum Gasteiger partial charge on any atom is 0.271 e. The Labute approximate surface area is 161 Å². The first-order valence-electron chi connectivity index (χ1n) is 8.24. The van der Waals surface area contributed by atoms with Crippen molar-refractivity contribution < 1.29 is 19.0 Å². The number of nitrogens with one attached hydrogen (secondary N) is 1. The van der Waals surface area contributed by atoms with Gasteiger partial charge >= 0.3 is 0 Å². The first kappa shape index (κ1) is 18.7. The molecule has 0 aliphatic carbocycles. The second-order valence-electron chi connectivity index (χ2n) is 5.60. The number of methoxy groups -OCH3 is 3. The number of carbonyl (C=O) groups excluding carboxylic acids is 1. The summed E-state index contributed by atoms with van der Waals surface area (Å²) in [6, 6.07) is 13.1. The third-order valence-electron chi connectivity index (χ3n) is 4.00. The highest BCUT2D eigenvalue weighted by Gasteiger charge is 2.14. The highest BCUT2D eigenvalue weighted by molar-refractivity contribution is 7.13. The van der Waals surface area contributed by atoms with Gasteiger partial charge in [-0.2, -0.15) is 0 Å². The molecule has 0 spiro atoms. The van der Waals surface area contributed by atoms with Crippen LogP contribution in [0.1, 0.15) is 16.1 Å². The van der Waals surface area contributed by atoms with E-state index in [-0.39, 0.29) is 5.91 Å². The molecular weight excluding hydrogens is 364 g/mol. The van der Waals surface area contributed by atoms with E-state index in [0.717, 1.165) is 21.9 Å². The van der Waals surface area contributed by atoms with Crippen LogP contribution in [0.3, 0.4) is 0 Å². The maximum atomic E-state index is 12.4. The van der Waals surface area contributed by atoms with E-state index in [1.54, 1.807) is 26.7 Å². The SMILES string of the molecule is COc1ccccc1CNC(=O)c1csc(-c2ccc(OC)c(OC)c2)n1. The van der Waals surface area contributed by atoms with Crippen LogP contribution in [-0.4, -0.2) is 32.2 Å². The van der Waals surface area contributed by atoms with Gasteiger partial charge in [0.1, 0.15) is 16.5 Å². The molecule has 0 saturated carbocycles. The van der Waals surface area contributed by atoms with Crippen molar-refractivity contribution in [3.05, 3.63) is 59.1 Å². The van der Waals surface area contributed by atoms with Crippen molar-refractivity contribution >= 4 is 17.2 Å². The van der Waals surface area contributed by atoms with Crippen LogP contribution in [-0.2, 0) is 6.54 Å². The van der Waals surface area contributed by atoms with Gasteiger partial charge in [-0.3, -0.25) is 4.79 Å². The summed E-state index contributed by atoms with van der Waals surface area (Å²) >= 11 is 1.40. The Hall–Kier alpha value is -3.06. The lowest BCUT2D eigenvalue weighted by molar-refractivity contribution is 0.0946. The van der Waals surface area contributed by atoms with Crippen molar-refractivity contribution in [2.75, 3.05) is 21.3 Å². The average molecular weight is 384 g/mol. The molecule has 1 heterocycles. The van der Waals surface area contributed by atoms with Crippen LogP contribution in [0.4, 0.5) is 0 Å². The van der Waals surface area contributed by atoms with Gasteiger partial charge in [-0.1, -0.05) is 18.2 Å². The Balaban J connectivity index is 1.72. The van der Waals surface area contributed by atoms with Gasteiger partial charge in [-0.15, -0.1) is 11.3 Å². The van der Waals surface area contributed by atoms with Crippen molar-refractivity contribution in [1.82, 2.24) is 10.3 Å². The number of nitrogens with zero attached hydrogens (tertiary/aromatic N) is 1. The number of hydrogen-bond acceptors (Lipinski definition) is 6. The van der Waals surface area contributed by atoms with Crippen molar-refractivity contribution in [2.24, 2.45) is 0 Å². The van der Waals surface area contributed by atoms with E-state index in [1.807, 2.05) is 42.5 Å². The molecule has 0 fully saturated rings. The molecule has 0 atom stereocenters. The normalized spacial score (nSPS) is 10.3. The molecule has 7 heteroatoms. The van der Waals surface area contributed by atoms with Crippen LogP contribution >= 0.6 is 11.3 Å². The minimum absolute atomic E-state index is 0.233. The van der Waals surface area contributed by atoms with Gasteiger partial charge in [0.25, 0.3) is 5.91 Å². The van der Waals surface area contributed by atoms with E-state index in [4.69, 9.17) is 14.2 Å². The third-order valence-corrected chi connectivity index (χ3v) is 4.89. The monoisotopic (exact) mass is 384 g/mol. The van der Waals surface area contributed by atoms with Crippen LogP contribution < -0.4 is 19.5 Å². The molecule has 0 radical (unpaired) electrons. The number of amides is 1. The van der Waals surface area contributed by atoms with E-state index in [9.17, 15) is 4.79 Å². The Kier molecular flexibility index (Phi) is 5.93. The van der Waals surface area contributed by atoms with E-state index in [2.05, 4.69) is 10.3 Å². The number of ether oxygens (including phenoxy) is 3. The summed E-state index contributed by atoms with van der Waals surface area (Å²) in [6.07, 6.45) is 0. The first-order valence-corrected chi connectivity index (χ1v) is 9.12. The fourth-order valence-electron chi connectivity index (χ4n) is 2.59. The summed E-state index contributed by atoms with van der Waals surface area (Å²) in [5.74, 6) is 1.77. The molecule has 0 aliphatic heterocycles. The zero-order valence-electron chi connectivity index (χ0n) is 15.3. The van der Waals surface area contributed by atoms with Crippen LogP contribution in [0.15, 0.2) is 47.8 Å². The van der Waals surface area contributed by atoms with Crippen LogP contribution in [0.2, 0.25) is 0 Å². The van der Waals surface area contributed by atoms with Crippen LogP contribution in [0.25, 0.3) is 10.6 Å². The molecule has 1 amide bonds. The fraction of sp³-hybridized carbons (Fsp3) is 0.200. The summed E-state index contributed by atoms with van der Waals surface area (Å²) in [4.78, 5) is 16.9. The predicted molar refractivity (Wildman–Crippen MR) is 105 cm³/mol. The summed E-state index contributed by atoms with van der Waals surface area (Å²) in [5.41, 5.74) is 2.14. The zero-order valence-corrected chi connectivity index (χ0v) is 16.1. The Bertz CT molecular complexity index is 939. The molecule has 0 saturated heterocycles. The summed E-state index contributed by atoms with van der Waals surface area (Å²) in [7, 11) is 4.78. The van der Waals surface area contributed by atoms with E-state index in [1.165, 1.54) is 11.3 Å². The lowest BCUT2D eigenvalue weighted by Gasteiger charge is -2.09. The quantitative estimate of drug-likeness (QED) is 0.672. The molecule has 27 heavy (non-hydrogen) atoms. The minimum Gasteiger partial charge on any atom is -0.496 e. The number of para-hydroxylation sites is 1. The number of benzene rings is 2. The fourth-order valence-corrected chi connectivity index (χ4v) is 3.39. The Morgan fingerprint density at radius 3 is 2.48 bits per heavy atom. The maximum absolute atomic E-state index is 12.4. The Morgan fingerprint density at radius 1 is 1.00 bits per heavy atom. The topological polar surface area (TPSA) is 69.7 Å². The molecule has 6 nitrogen and oxygen atoms in total. The number of thiazole rings is 1. The van der Waals surface area contributed by atoms with E-state index in [0.29, 0.717) is 23.7 Å². The Morgan fingerprint density at radius 2 is 1.74 bits per heavy atom. The summed E-state index contributed by atoms with van der Waals surface area (Å²) in [5, 5.41) is 5.35. The third kappa shape index (κ3) is 4.20. The predicted octanol–water partition coefficient (Wildman–Crippen LogP) is 3.77. The van der Waals surface area contributed by atoms with E-state index < -0.39 is 0 Å². The van der Waals surface area contributed by atoms with Crippen molar-refractivity contribution in [2.45, 2.75) is 6.54 Å². The minimum atomic E-state index is -0.233. The number of rotatable bonds is 7. The lowest BCUT2D eigenvalue weighted by Crippen LogP contribution is -2.23. The van der Waals surface area contributed by atoms with Gasteiger partial charge in [0.2, 0.25) is 0 Å². The summed E-state index contributed by atoms with van der Waals surface area (Å²) < 4.78 is 15.9. The highest BCUT2D eigenvalue weighted by atomic mass is 32.1. The molecule has 0 aliphatic rings. The molecular formula is C20H20N2O4S. The zero-order chi connectivity index (χ0) is 19.2. The van der Waals surface area contributed by atoms with Gasteiger partial charge in [0.15, 0.2) is 11.5 Å². The molecule has 2 aromatic carbocycles. The lowest BCUT2D eigenvalue weighted by atomic mass is 10.2. The van der Waals surface area contributed by atoms with Crippen LogP contribution in [0, 0.1) is 0 Å². The molecule has 1 N–H and O–H groups in total. The molecule has 0 unspecified atom stereocenters. The highest BCUT2D eigenvalue weighted by Crippen LogP contribution is 2.33. The van der Waals surface area contributed by atoms with Gasteiger partial charge < -0.3 is 19.5 Å². The molecule has 0 bridgehead atoms. The van der Waals surface area contributed by atoms with Crippen molar-refractivity contribution in [1.29, 1.82) is 0 Å². The first-order chi connectivity index (χ1) is 13.2. The van der Waals surface area contributed by atoms with Crippen LogP contribution in [0.5, 0.6) is 17.2 Å². The average Bonchev–Trinajstić information content (AvgIpc) is 3.22. The van der Waals surface area contributed by atoms with Crippen molar-refractivity contribution in [3.63, 3.8) is 0 Å². The number of hydrogen-bond donors (Lipinski definition) is 1. The van der Waals surface area contributed by atoms with Crippen molar-refractivity contribution in [3.8, 4) is 27.8 Å². The number of aromatic nitrogens is 1.